The largest absolute Gasteiger partial charge is 0.264 e. The smallest absolute Gasteiger partial charge is 0.256 e. The molecule has 12 nitrogen and oxygen atoms in total. The first kappa shape index (κ1) is 32.1. The molecule has 0 aliphatic heterocycles. The first-order valence-electron chi connectivity index (χ1n) is 13.9. The second-order valence-corrected chi connectivity index (χ2v) is 13.7. The standard InChI is InChI=1S/C32H30N8O4S2/c1-21-17-22(2)36-31(35-21)39-45(41,42)29-13-9-27(10-14-29)33-19-25-5-7-26(8-6-25)20-34-28-11-15-30(16-12-28)46(43,44)40-32-37-23(3)18-24(4)38-32/h5-20H,1-4H3,(H,35,36,39)(H,37,38,40). The molecule has 0 fully saturated rings. The van der Waals surface area contributed by atoms with Gasteiger partial charge < -0.3 is 0 Å². The van der Waals surface area contributed by atoms with Gasteiger partial charge in [0.2, 0.25) is 11.9 Å². The SMILES string of the molecule is Cc1cc(C)nc(NS(=O)(=O)c2ccc(N=Cc3ccc(C=Nc4ccc(S(=O)(=O)Nc5nc(C)cc(C)n5)cc4)cc3)cc2)n1. The van der Waals surface area contributed by atoms with Gasteiger partial charge in [-0.2, -0.15) is 0 Å². The molecule has 0 unspecified atom stereocenters. The van der Waals surface area contributed by atoms with Crippen LogP contribution in [0.1, 0.15) is 33.9 Å². The lowest BCUT2D eigenvalue weighted by Gasteiger charge is -2.08. The van der Waals surface area contributed by atoms with Gasteiger partial charge in [-0.05, 0) is 99.5 Å². The van der Waals surface area contributed by atoms with E-state index in [-0.39, 0.29) is 21.7 Å². The number of hydrogen-bond donors (Lipinski definition) is 2. The Bertz CT molecular complexity index is 1950. The van der Waals surface area contributed by atoms with Gasteiger partial charge in [-0.25, -0.2) is 46.2 Å². The third-order valence-electron chi connectivity index (χ3n) is 6.37. The summed E-state index contributed by atoms with van der Waals surface area (Å²) in [7, 11) is -7.72. The highest BCUT2D eigenvalue weighted by Crippen LogP contribution is 2.20. The average molecular weight is 655 g/mol. The van der Waals surface area contributed by atoms with Crippen molar-refractivity contribution in [2.24, 2.45) is 9.98 Å². The Hall–Kier alpha value is -5.34. The molecule has 0 spiro atoms. The van der Waals surface area contributed by atoms with Gasteiger partial charge in [0.15, 0.2) is 0 Å². The summed E-state index contributed by atoms with van der Waals surface area (Å²) in [5.74, 6) is 0.0455. The Morgan fingerprint density at radius 2 is 0.804 bits per heavy atom. The number of sulfonamides is 2. The Kier molecular flexibility index (Phi) is 9.30. The van der Waals surface area contributed by atoms with E-state index in [1.807, 2.05) is 24.3 Å². The molecule has 2 aromatic heterocycles. The van der Waals surface area contributed by atoms with Crippen molar-refractivity contribution in [2.75, 3.05) is 9.44 Å². The quantitative estimate of drug-likeness (QED) is 0.183. The van der Waals surface area contributed by atoms with Crippen LogP contribution in [-0.2, 0) is 20.0 Å². The van der Waals surface area contributed by atoms with Crippen LogP contribution in [0.25, 0.3) is 0 Å². The maximum atomic E-state index is 12.8. The summed E-state index contributed by atoms with van der Waals surface area (Å²) >= 11 is 0. The maximum absolute atomic E-state index is 12.8. The fourth-order valence-electron chi connectivity index (χ4n) is 4.29. The van der Waals surface area contributed by atoms with E-state index in [4.69, 9.17) is 0 Å². The van der Waals surface area contributed by atoms with Crippen molar-refractivity contribution in [2.45, 2.75) is 37.5 Å². The van der Waals surface area contributed by atoms with Crippen molar-refractivity contribution in [3.8, 4) is 0 Å². The van der Waals surface area contributed by atoms with E-state index >= 15 is 0 Å². The Morgan fingerprint density at radius 1 is 0.500 bits per heavy atom. The van der Waals surface area contributed by atoms with Crippen molar-refractivity contribution in [3.63, 3.8) is 0 Å². The van der Waals surface area contributed by atoms with Crippen molar-refractivity contribution in [1.29, 1.82) is 0 Å². The number of rotatable bonds is 10. The molecule has 0 aliphatic carbocycles. The van der Waals surface area contributed by atoms with Crippen LogP contribution in [0.15, 0.2) is 105 Å². The summed E-state index contributed by atoms with van der Waals surface area (Å²) < 4.78 is 55.8. The van der Waals surface area contributed by atoms with E-state index in [0.29, 0.717) is 34.2 Å². The Morgan fingerprint density at radius 3 is 1.11 bits per heavy atom. The van der Waals surface area contributed by atoms with Crippen LogP contribution in [0.5, 0.6) is 0 Å². The van der Waals surface area contributed by atoms with Gasteiger partial charge >= 0.3 is 0 Å². The second-order valence-electron chi connectivity index (χ2n) is 10.3. The molecule has 46 heavy (non-hydrogen) atoms. The molecule has 2 N–H and O–H groups in total. The minimum absolute atomic E-state index is 0.0227. The Balaban J connectivity index is 1.18. The summed E-state index contributed by atoms with van der Waals surface area (Å²) in [6.45, 7) is 7.06. The molecule has 3 aromatic carbocycles. The van der Waals surface area contributed by atoms with Crippen molar-refractivity contribution in [1.82, 2.24) is 19.9 Å². The summed E-state index contributed by atoms with van der Waals surface area (Å²) in [6.07, 6.45) is 3.34. The molecule has 14 heteroatoms. The van der Waals surface area contributed by atoms with E-state index in [1.54, 1.807) is 76.5 Å². The maximum Gasteiger partial charge on any atom is 0.264 e. The number of nitrogens with zero attached hydrogens (tertiary/aromatic N) is 6. The fraction of sp³-hybridized carbons (Fsp3) is 0.125. The van der Waals surface area contributed by atoms with Crippen molar-refractivity contribution in [3.05, 3.63) is 119 Å². The van der Waals surface area contributed by atoms with Crippen LogP contribution >= 0.6 is 0 Å². The fourth-order valence-corrected chi connectivity index (χ4v) is 6.18. The van der Waals surface area contributed by atoms with Crippen LogP contribution in [0.4, 0.5) is 23.3 Å². The minimum atomic E-state index is -3.86. The van der Waals surface area contributed by atoms with Gasteiger partial charge in [-0.15, -0.1) is 0 Å². The third kappa shape index (κ3) is 8.43. The van der Waals surface area contributed by atoms with E-state index in [9.17, 15) is 16.8 Å². The first-order valence-corrected chi connectivity index (χ1v) is 16.9. The van der Waals surface area contributed by atoms with Gasteiger partial charge in [0, 0.05) is 35.2 Å². The van der Waals surface area contributed by atoms with Crippen molar-refractivity contribution >= 4 is 55.7 Å². The Labute approximate surface area is 267 Å². The van der Waals surface area contributed by atoms with Crippen LogP contribution in [0.3, 0.4) is 0 Å². The number of benzene rings is 3. The van der Waals surface area contributed by atoms with Crippen molar-refractivity contribution < 1.29 is 16.8 Å². The number of aliphatic imine (C=N–C) groups is 2. The molecule has 0 bridgehead atoms. The van der Waals surface area contributed by atoms with E-state index < -0.39 is 20.0 Å². The molecule has 5 aromatic rings. The van der Waals surface area contributed by atoms with Crippen LogP contribution in [0.2, 0.25) is 0 Å². The highest BCUT2D eigenvalue weighted by atomic mass is 32.2. The molecule has 0 amide bonds. The van der Waals surface area contributed by atoms with E-state index in [1.165, 1.54) is 24.3 Å². The number of nitrogens with one attached hydrogen (secondary N) is 2. The molecule has 0 atom stereocenters. The predicted octanol–water partition coefficient (Wildman–Crippen LogP) is 5.60. The molecule has 0 saturated carbocycles. The molecule has 0 saturated heterocycles. The predicted molar refractivity (Wildman–Crippen MR) is 178 cm³/mol. The second kappa shape index (κ2) is 13.3. The molecule has 0 radical (unpaired) electrons. The van der Waals surface area contributed by atoms with E-state index in [0.717, 1.165) is 11.1 Å². The molecule has 2 heterocycles. The van der Waals surface area contributed by atoms with Crippen LogP contribution in [0, 0.1) is 27.7 Å². The molecule has 234 valence electrons. The minimum Gasteiger partial charge on any atom is -0.256 e. The highest BCUT2D eigenvalue weighted by Gasteiger charge is 2.17. The van der Waals surface area contributed by atoms with Gasteiger partial charge in [-0.1, -0.05) is 24.3 Å². The molecular weight excluding hydrogens is 625 g/mol. The topological polar surface area (TPSA) is 169 Å². The number of aryl methyl sites for hydroxylation is 4. The zero-order chi connectivity index (χ0) is 32.9. The molecule has 0 aliphatic rings. The van der Waals surface area contributed by atoms with Crippen LogP contribution in [-0.4, -0.2) is 49.2 Å². The number of aromatic nitrogens is 4. The zero-order valence-electron chi connectivity index (χ0n) is 25.4. The van der Waals surface area contributed by atoms with E-state index in [2.05, 4.69) is 39.4 Å². The lowest BCUT2D eigenvalue weighted by molar-refractivity contribution is 0.599. The number of hydrogen-bond acceptors (Lipinski definition) is 10. The molecule has 5 rings (SSSR count). The zero-order valence-corrected chi connectivity index (χ0v) is 27.0. The summed E-state index contributed by atoms with van der Waals surface area (Å²) in [5, 5.41) is 0. The first-order chi connectivity index (χ1) is 21.8. The highest BCUT2D eigenvalue weighted by molar-refractivity contribution is 7.93. The lowest BCUT2D eigenvalue weighted by Crippen LogP contribution is -2.15. The van der Waals surface area contributed by atoms with Crippen LogP contribution < -0.4 is 9.44 Å². The third-order valence-corrected chi connectivity index (χ3v) is 9.06. The van der Waals surface area contributed by atoms with Gasteiger partial charge in [0.05, 0.1) is 21.2 Å². The van der Waals surface area contributed by atoms with Gasteiger partial charge in [-0.3, -0.25) is 9.98 Å². The number of anilines is 2. The normalized spacial score (nSPS) is 12.1. The summed E-state index contributed by atoms with van der Waals surface area (Å²) in [6, 6.07) is 23.3. The van der Waals surface area contributed by atoms with Gasteiger partial charge in [0.1, 0.15) is 0 Å². The van der Waals surface area contributed by atoms with Gasteiger partial charge in [0.25, 0.3) is 20.0 Å². The summed E-state index contributed by atoms with van der Waals surface area (Å²) in [5.41, 5.74) is 5.46. The summed E-state index contributed by atoms with van der Waals surface area (Å²) in [4.78, 5) is 25.5. The molecular formula is C32H30N8O4S2. The monoisotopic (exact) mass is 654 g/mol. The lowest BCUT2D eigenvalue weighted by atomic mass is 10.1. The average Bonchev–Trinajstić information content (AvgIpc) is 2.98.